The zero-order valence-electron chi connectivity index (χ0n) is 11.9. The number of rotatable bonds is 2. The first kappa shape index (κ1) is 13.1. The van der Waals surface area contributed by atoms with Crippen LogP contribution in [0.2, 0.25) is 0 Å². The highest BCUT2D eigenvalue weighted by Crippen LogP contribution is 2.34. The van der Waals surface area contributed by atoms with Crippen LogP contribution in [0.25, 0.3) is 10.8 Å². The zero-order valence-corrected chi connectivity index (χ0v) is 11.9. The minimum Gasteiger partial charge on any atom is -0.492 e. The van der Waals surface area contributed by atoms with Crippen molar-refractivity contribution in [1.29, 1.82) is 0 Å². The van der Waals surface area contributed by atoms with E-state index >= 15 is 0 Å². The Bertz CT molecular complexity index is 648. The van der Waals surface area contributed by atoms with Gasteiger partial charge in [0.2, 0.25) is 0 Å². The Kier molecular flexibility index (Phi) is 3.45. The molecule has 3 heteroatoms. The topological polar surface area (TPSA) is 29.5 Å². The minimum atomic E-state index is 0.0208. The van der Waals surface area contributed by atoms with Gasteiger partial charge in [-0.25, -0.2) is 0 Å². The van der Waals surface area contributed by atoms with Gasteiger partial charge in [-0.15, -0.1) is 0 Å². The summed E-state index contributed by atoms with van der Waals surface area (Å²) < 4.78 is 5.90. The smallest absolute Gasteiger partial charge is 0.171 e. The van der Waals surface area contributed by atoms with Crippen molar-refractivity contribution in [2.45, 2.75) is 6.42 Å². The summed E-state index contributed by atoms with van der Waals surface area (Å²) in [5.41, 5.74) is 0.730. The molecule has 0 aliphatic carbocycles. The van der Waals surface area contributed by atoms with Gasteiger partial charge in [0.1, 0.15) is 5.75 Å². The van der Waals surface area contributed by atoms with Gasteiger partial charge in [0.25, 0.3) is 0 Å². The van der Waals surface area contributed by atoms with Crippen molar-refractivity contribution in [3.8, 4) is 5.75 Å². The third kappa shape index (κ3) is 2.29. The van der Waals surface area contributed by atoms with E-state index in [4.69, 9.17) is 4.74 Å². The van der Waals surface area contributed by atoms with Crippen LogP contribution in [0.5, 0.6) is 5.75 Å². The summed E-state index contributed by atoms with van der Waals surface area (Å²) in [6, 6.07) is 12.0. The second kappa shape index (κ2) is 5.25. The maximum atomic E-state index is 12.7. The standard InChI is InChI=1S/C17H19NO2/c1-18(2)11-13-9-10-20-17-14-6-4-3-5-12(14)7-8-15(17)16(13)19/h3-8,13H,9-11H2,1-2H3. The molecule has 1 aliphatic heterocycles. The summed E-state index contributed by atoms with van der Waals surface area (Å²) in [6.45, 7) is 1.37. The van der Waals surface area contributed by atoms with Crippen molar-refractivity contribution in [3.05, 3.63) is 42.0 Å². The molecule has 3 nitrogen and oxygen atoms in total. The Morgan fingerprint density at radius 3 is 2.80 bits per heavy atom. The van der Waals surface area contributed by atoms with E-state index in [1.165, 1.54) is 0 Å². The number of nitrogens with zero attached hydrogens (tertiary/aromatic N) is 1. The van der Waals surface area contributed by atoms with E-state index in [-0.39, 0.29) is 11.7 Å². The fraction of sp³-hybridized carbons (Fsp3) is 0.353. The van der Waals surface area contributed by atoms with Crippen LogP contribution in [0.1, 0.15) is 16.8 Å². The number of benzene rings is 2. The van der Waals surface area contributed by atoms with E-state index in [0.29, 0.717) is 6.61 Å². The molecule has 1 heterocycles. The van der Waals surface area contributed by atoms with Crippen LogP contribution < -0.4 is 4.74 Å². The number of hydrogen-bond acceptors (Lipinski definition) is 3. The maximum Gasteiger partial charge on any atom is 0.171 e. The molecule has 0 aromatic heterocycles. The van der Waals surface area contributed by atoms with Gasteiger partial charge >= 0.3 is 0 Å². The largest absolute Gasteiger partial charge is 0.492 e. The van der Waals surface area contributed by atoms with Gasteiger partial charge in [-0.2, -0.15) is 0 Å². The molecular weight excluding hydrogens is 250 g/mol. The van der Waals surface area contributed by atoms with Crippen LogP contribution in [0, 0.1) is 5.92 Å². The van der Waals surface area contributed by atoms with E-state index in [2.05, 4.69) is 4.90 Å². The highest BCUT2D eigenvalue weighted by atomic mass is 16.5. The summed E-state index contributed by atoms with van der Waals surface area (Å²) in [4.78, 5) is 14.8. The van der Waals surface area contributed by atoms with Crippen molar-refractivity contribution in [2.24, 2.45) is 5.92 Å². The third-order valence-electron chi connectivity index (χ3n) is 3.81. The Morgan fingerprint density at radius 1 is 1.20 bits per heavy atom. The molecule has 104 valence electrons. The molecule has 0 saturated carbocycles. The number of Topliss-reactive ketones (excluding diaryl/α,β-unsaturated/α-hetero) is 1. The molecule has 0 amide bonds. The Hall–Kier alpha value is -1.87. The molecule has 0 bridgehead atoms. The highest BCUT2D eigenvalue weighted by Gasteiger charge is 2.27. The molecule has 0 fully saturated rings. The van der Waals surface area contributed by atoms with E-state index in [0.717, 1.165) is 35.1 Å². The second-order valence-electron chi connectivity index (χ2n) is 5.62. The lowest BCUT2D eigenvalue weighted by Gasteiger charge is -2.17. The number of carbonyl (C=O) groups is 1. The van der Waals surface area contributed by atoms with Crippen molar-refractivity contribution in [3.63, 3.8) is 0 Å². The molecule has 1 unspecified atom stereocenters. The zero-order chi connectivity index (χ0) is 14.1. The third-order valence-corrected chi connectivity index (χ3v) is 3.81. The average molecular weight is 269 g/mol. The first-order valence-corrected chi connectivity index (χ1v) is 7.00. The summed E-state index contributed by atoms with van der Waals surface area (Å²) in [5, 5.41) is 2.15. The van der Waals surface area contributed by atoms with E-state index in [1.54, 1.807) is 0 Å². The van der Waals surface area contributed by atoms with Crippen molar-refractivity contribution >= 4 is 16.6 Å². The van der Waals surface area contributed by atoms with Crippen LogP contribution >= 0.6 is 0 Å². The molecule has 2 aromatic carbocycles. The predicted molar refractivity (Wildman–Crippen MR) is 80.4 cm³/mol. The number of ketones is 1. The number of ether oxygens (including phenoxy) is 1. The number of hydrogen-bond donors (Lipinski definition) is 0. The van der Waals surface area contributed by atoms with Crippen molar-refractivity contribution in [1.82, 2.24) is 4.90 Å². The predicted octanol–water partition coefficient (Wildman–Crippen LogP) is 2.98. The van der Waals surface area contributed by atoms with Gasteiger partial charge in [-0.05, 0) is 32.0 Å². The molecule has 3 rings (SSSR count). The Labute approximate surface area is 119 Å². The molecule has 0 saturated heterocycles. The van der Waals surface area contributed by atoms with Crippen LogP contribution in [-0.4, -0.2) is 37.9 Å². The fourth-order valence-corrected chi connectivity index (χ4v) is 2.86. The summed E-state index contributed by atoms with van der Waals surface area (Å²) in [7, 11) is 4.00. The minimum absolute atomic E-state index is 0.0208. The number of carbonyl (C=O) groups excluding carboxylic acids is 1. The lowest BCUT2D eigenvalue weighted by Crippen LogP contribution is -2.27. The molecular formula is C17H19NO2. The first-order valence-electron chi connectivity index (χ1n) is 7.00. The molecule has 1 aliphatic rings. The summed E-state index contributed by atoms with van der Waals surface area (Å²) in [5.74, 6) is 0.985. The molecule has 0 spiro atoms. The first-order chi connectivity index (χ1) is 9.66. The van der Waals surface area contributed by atoms with Crippen molar-refractivity contribution in [2.75, 3.05) is 27.2 Å². The SMILES string of the molecule is CN(C)CC1CCOc2c(ccc3ccccc23)C1=O. The Morgan fingerprint density at radius 2 is 2.00 bits per heavy atom. The van der Waals surface area contributed by atoms with Gasteiger partial charge in [0, 0.05) is 17.8 Å². The molecule has 2 aromatic rings. The fourth-order valence-electron chi connectivity index (χ4n) is 2.86. The van der Waals surface area contributed by atoms with E-state index < -0.39 is 0 Å². The monoisotopic (exact) mass is 269 g/mol. The lowest BCUT2D eigenvalue weighted by molar-refractivity contribution is 0.0891. The summed E-state index contributed by atoms with van der Waals surface area (Å²) >= 11 is 0. The van der Waals surface area contributed by atoms with Gasteiger partial charge in [-0.1, -0.05) is 30.3 Å². The van der Waals surface area contributed by atoms with Crippen LogP contribution in [-0.2, 0) is 0 Å². The molecule has 20 heavy (non-hydrogen) atoms. The molecule has 0 radical (unpaired) electrons. The second-order valence-corrected chi connectivity index (χ2v) is 5.62. The quantitative estimate of drug-likeness (QED) is 0.839. The van der Waals surface area contributed by atoms with Crippen LogP contribution in [0.15, 0.2) is 36.4 Å². The molecule has 0 N–H and O–H groups in total. The van der Waals surface area contributed by atoms with Crippen molar-refractivity contribution < 1.29 is 9.53 Å². The van der Waals surface area contributed by atoms with E-state index in [9.17, 15) is 4.79 Å². The van der Waals surface area contributed by atoms with Gasteiger partial charge in [0.15, 0.2) is 5.78 Å². The highest BCUT2D eigenvalue weighted by molar-refractivity contribution is 6.06. The summed E-state index contributed by atoms with van der Waals surface area (Å²) in [6.07, 6.45) is 0.778. The van der Waals surface area contributed by atoms with Gasteiger partial charge < -0.3 is 9.64 Å². The van der Waals surface area contributed by atoms with Gasteiger partial charge in [-0.3, -0.25) is 4.79 Å². The lowest BCUT2D eigenvalue weighted by atomic mass is 9.93. The molecule has 1 atom stereocenters. The van der Waals surface area contributed by atoms with E-state index in [1.807, 2.05) is 50.5 Å². The number of fused-ring (bicyclic) bond motifs is 3. The van der Waals surface area contributed by atoms with Gasteiger partial charge in [0.05, 0.1) is 12.2 Å². The maximum absolute atomic E-state index is 12.7. The van der Waals surface area contributed by atoms with Crippen LogP contribution in [0.4, 0.5) is 0 Å². The van der Waals surface area contributed by atoms with Crippen LogP contribution in [0.3, 0.4) is 0 Å². The Balaban J connectivity index is 2.08. The average Bonchev–Trinajstić information content (AvgIpc) is 2.59. The normalized spacial score (nSPS) is 18.8.